The van der Waals surface area contributed by atoms with Crippen molar-refractivity contribution in [1.82, 2.24) is 0 Å². The molecule has 1 aromatic carbocycles. The van der Waals surface area contributed by atoms with Gasteiger partial charge in [0.1, 0.15) is 0 Å². The van der Waals surface area contributed by atoms with Gasteiger partial charge in [-0.2, -0.15) is 0 Å². The molecule has 0 spiro atoms. The summed E-state index contributed by atoms with van der Waals surface area (Å²) in [4.78, 5) is 3.75. The molecular weight excluding hydrogens is 332 g/mol. The van der Waals surface area contributed by atoms with Crippen LogP contribution in [0.15, 0.2) is 46.3 Å². The number of nitrogens with zero attached hydrogens (tertiary/aromatic N) is 1. The molecule has 0 fully saturated rings. The van der Waals surface area contributed by atoms with Crippen molar-refractivity contribution >= 4 is 33.0 Å². The molecule has 0 saturated heterocycles. The Kier molecular flexibility index (Phi) is 6.07. The van der Waals surface area contributed by atoms with Crippen molar-refractivity contribution in [1.29, 1.82) is 0 Å². The quantitative estimate of drug-likeness (QED) is 0.773. The molecule has 1 atom stereocenters. The Morgan fingerprint density at radius 1 is 1.20 bits per heavy atom. The molecule has 0 aliphatic heterocycles. The van der Waals surface area contributed by atoms with E-state index in [1.807, 2.05) is 0 Å². The second-order valence-electron chi connectivity index (χ2n) is 4.78. The maximum Gasteiger partial charge on any atom is 0.0757 e. The summed E-state index contributed by atoms with van der Waals surface area (Å²) in [5.41, 5.74) is 7.32. The van der Waals surface area contributed by atoms with Crippen LogP contribution >= 0.6 is 27.3 Å². The lowest BCUT2D eigenvalue weighted by Crippen LogP contribution is -2.34. The van der Waals surface area contributed by atoms with E-state index < -0.39 is 0 Å². The second kappa shape index (κ2) is 7.81. The van der Waals surface area contributed by atoms with Gasteiger partial charge < -0.3 is 10.6 Å². The highest BCUT2D eigenvalue weighted by Crippen LogP contribution is 2.33. The molecule has 0 bridgehead atoms. The first kappa shape index (κ1) is 15.5. The maximum atomic E-state index is 6.07. The molecule has 2 nitrogen and oxygen atoms in total. The van der Waals surface area contributed by atoms with Gasteiger partial charge >= 0.3 is 0 Å². The van der Waals surface area contributed by atoms with Gasteiger partial charge in [-0.1, -0.05) is 31.5 Å². The molecule has 0 aliphatic carbocycles. The molecule has 2 N–H and O–H groups in total. The average Bonchev–Trinajstić information content (AvgIpc) is 2.90. The van der Waals surface area contributed by atoms with Crippen LogP contribution in [0.4, 0.5) is 5.69 Å². The van der Waals surface area contributed by atoms with Crippen LogP contribution in [-0.2, 0) is 0 Å². The van der Waals surface area contributed by atoms with Crippen LogP contribution in [0.2, 0.25) is 0 Å². The van der Waals surface area contributed by atoms with Crippen LogP contribution in [-0.4, -0.2) is 13.1 Å². The maximum absolute atomic E-state index is 6.07. The molecule has 4 heteroatoms. The van der Waals surface area contributed by atoms with Crippen LogP contribution in [0.3, 0.4) is 0 Å². The van der Waals surface area contributed by atoms with E-state index in [0.29, 0.717) is 6.54 Å². The predicted molar refractivity (Wildman–Crippen MR) is 92.5 cm³/mol. The topological polar surface area (TPSA) is 29.3 Å². The van der Waals surface area contributed by atoms with E-state index in [-0.39, 0.29) is 6.04 Å². The fraction of sp³-hybridized carbons (Fsp3) is 0.375. The monoisotopic (exact) mass is 352 g/mol. The van der Waals surface area contributed by atoms with Gasteiger partial charge in [-0.15, -0.1) is 11.3 Å². The Hall–Kier alpha value is -0.840. The minimum atomic E-state index is 0.250. The lowest BCUT2D eigenvalue weighted by molar-refractivity contribution is 0.612. The molecule has 2 rings (SSSR count). The fourth-order valence-electron chi connectivity index (χ4n) is 2.32. The van der Waals surface area contributed by atoms with Crippen molar-refractivity contribution < 1.29 is 0 Å². The highest BCUT2D eigenvalue weighted by molar-refractivity contribution is 9.11. The Bertz CT molecular complexity index is 512. The first-order chi connectivity index (χ1) is 9.76. The number of thiophene rings is 1. The average molecular weight is 353 g/mol. The normalized spacial score (nSPS) is 12.3. The number of rotatable bonds is 7. The molecular formula is C16H21BrN2S. The fourth-order valence-corrected chi connectivity index (χ4v) is 3.87. The number of para-hydroxylation sites is 1. The van der Waals surface area contributed by atoms with Crippen LogP contribution < -0.4 is 10.6 Å². The van der Waals surface area contributed by atoms with Gasteiger partial charge in [0.05, 0.1) is 9.83 Å². The first-order valence-corrected chi connectivity index (χ1v) is 8.64. The van der Waals surface area contributed by atoms with Gasteiger partial charge in [0.25, 0.3) is 0 Å². The van der Waals surface area contributed by atoms with Crippen LogP contribution in [0.5, 0.6) is 0 Å². The minimum absolute atomic E-state index is 0.250. The van der Waals surface area contributed by atoms with E-state index >= 15 is 0 Å². The van der Waals surface area contributed by atoms with E-state index in [9.17, 15) is 0 Å². The predicted octanol–water partition coefficient (Wildman–Crippen LogP) is 4.82. The summed E-state index contributed by atoms with van der Waals surface area (Å²) >= 11 is 5.32. The van der Waals surface area contributed by atoms with Crippen LogP contribution in [0.1, 0.15) is 30.7 Å². The second-order valence-corrected chi connectivity index (χ2v) is 7.27. The molecule has 1 aromatic heterocycles. The van der Waals surface area contributed by atoms with Gasteiger partial charge in [0.2, 0.25) is 0 Å². The summed E-state index contributed by atoms with van der Waals surface area (Å²) in [6.45, 7) is 3.89. The van der Waals surface area contributed by atoms with Gasteiger partial charge in [-0.25, -0.2) is 0 Å². The Morgan fingerprint density at radius 2 is 1.95 bits per heavy atom. The highest BCUT2D eigenvalue weighted by Gasteiger charge is 2.20. The Labute approximate surface area is 133 Å². The van der Waals surface area contributed by atoms with Crippen molar-refractivity contribution in [3.8, 4) is 0 Å². The number of halogens is 1. The van der Waals surface area contributed by atoms with Crippen molar-refractivity contribution in [3.05, 3.63) is 51.1 Å². The molecule has 20 heavy (non-hydrogen) atoms. The number of benzene rings is 1. The van der Waals surface area contributed by atoms with E-state index in [2.05, 4.69) is 70.2 Å². The first-order valence-electron chi connectivity index (χ1n) is 7.03. The van der Waals surface area contributed by atoms with Crippen molar-refractivity contribution in [2.75, 3.05) is 18.0 Å². The lowest BCUT2D eigenvalue weighted by atomic mass is 10.1. The zero-order valence-electron chi connectivity index (χ0n) is 11.8. The third-order valence-electron chi connectivity index (χ3n) is 3.36. The van der Waals surface area contributed by atoms with Crippen LogP contribution in [0.25, 0.3) is 0 Å². The van der Waals surface area contributed by atoms with E-state index in [4.69, 9.17) is 5.73 Å². The van der Waals surface area contributed by atoms with E-state index in [0.717, 1.165) is 10.3 Å². The van der Waals surface area contributed by atoms with E-state index in [1.165, 1.54) is 23.4 Å². The highest BCUT2D eigenvalue weighted by atomic mass is 79.9. The number of hydrogen-bond acceptors (Lipinski definition) is 3. The summed E-state index contributed by atoms with van der Waals surface area (Å²) in [7, 11) is 0. The zero-order valence-corrected chi connectivity index (χ0v) is 14.2. The smallest absolute Gasteiger partial charge is 0.0757 e. The van der Waals surface area contributed by atoms with Crippen molar-refractivity contribution in [2.24, 2.45) is 5.73 Å². The molecule has 2 aromatic rings. The Balaban J connectivity index is 2.28. The van der Waals surface area contributed by atoms with Crippen molar-refractivity contribution in [2.45, 2.75) is 25.8 Å². The number of unbranched alkanes of at least 4 members (excludes halogenated alkanes) is 1. The molecule has 1 unspecified atom stereocenters. The molecule has 0 aliphatic rings. The summed E-state index contributed by atoms with van der Waals surface area (Å²) in [5.74, 6) is 0. The molecule has 0 radical (unpaired) electrons. The van der Waals surface area contributed by atoms with Gasteiger partial charge in [-0.3, -0.25) is 0 Å². The number of anilines is 1. The van der Waals surface area contributed by atoms with Crippen LogP contribution in [0, 0.1) is 0 Å². The van der Waals surface area contributed by atoms with Crippen molar-refractivity contribution in [3.63, 3.8) is 0 Å². The summed E-state index contributed by atoms with van der Waals surface area (Å²) in [6, 6.07) is 15.1. The van der Waals surface area contributed by atoms with Gasteiger partial charge in [0, 0.05) is 23.7 Å². The zero-order chi connectivity index (χ0) is 14.4. The third kappa shape index (κ3) is 3.84. The third-order valence-corrected chi connectivity index (χ3v) is 5.09. The molecule has 108 valence electrons. The van der Waals surface area contributed by atoms with E-state index in [1.54, 1.807) is 11.3 Å². The largest absolute Gasteiger partial charge is 0.362 e. The minimum Gasteiger partial charge on any atom is -0.362 e. The summed E-state index contributed by atoms with van der Waals surface area (Å²) in [5, 5.41) is 0. The Morgan fingerprint density at radius 3 is 2.50 bits per heavy atom. The SMILES string of the molecule is CCCCN(c1ccccc1)C(CN)c1ccc(Br)s1. The molecule has 0 amide bonds. The summed E-state index contributed by atoms with van der Waals surface area (Å²) in [6.07, 6.45) is 2.37. The number of nitrogens with two attached hydrogens (primary N) is 1. The molecule has 0 saturated carbocycles. The summed E-state index contributed by atoms with van der Waals surface area (Å²) < 4.78 is 1.16. The lowest BCUT2D eigenvalue weighted by Gasteiger charge is -2.32. The van der Waals surface area contributed by atoms with Gasteiger partial charge in [-0.05, 0) is 46.6 Å². The van der Waals surface area contributed by atoms with Gasteiger partial charge in [0.15, 0.2) is 0 Å². The molecule has 1 heterocycles. The number of hydrogen-bond donors (Lipinski definition) is 1. The standard InChI is InChI=1S/C16H21BrN2S/c1-2-3-11-19(13-7-5-4-6-8-13)14(12-18)15-9-10-16(17)20-15/h4-10,14H,2-3,11-12,18H2,1H3.